The van der Waals surface area contributed by atoms with Crippen molar-refractivity contribution in [3.63, 3.8) is 0 Å². The second-order valence-electron chi connectivity index (χ2n) is 5.35. The van der Waals surface area contributed by atoms with E-state index < -0.39 is 23.2 Å². The van der Waals surface area contributed by atoms with Crippen LogP contribution in [0, 0.1) is 5.82 Å². The van der Waals surface area contributed by atoms with Crippen molar-refractivity contribution in [2.75, 3.05) is 0 Å². The van der Waals surface area contributed by atoms with Crippen LogP contribution in [0.1, 0.15) is 44.4 Å². The Morgan fingerprint density at radius 3 is 2.44 bits per heavy atom. The summed E-state index contributed by atoms with van der Waals surface area (Å²) in [6.45, 7) is 5.48. The van der Waals surface area contributed by atoms with Gasteiger partial charge in [0.05, 0.1) is 6.42 Å². The molecule has 0 aromatic heterocycles. The molecule has 1 unspecified atom stereocenters. The number of rotatable bonds is 3. The molecule has 1 rings (SSSR count). The van der Waals surface area contributed by atoms with E-state index in [1.54, 1.807) is 0 Å². The zero-order chi connectivity index (χ0) is 14.1. The van der Waals surface area contributed by atoms with Crippen molar-refractivity contribution in [2.45, 2.75) is 38.6 Å². The third-order valence-corrected chi connectivity index (χ3v) is 2.71. The predicted octanol–water partition coefficient (Wildman–Crippen LogP) is 2.30. The third kappa shape index (κ3) is 3.20. The number of phenolic OH excluding ortho intramolecular Hbond substituents is 1. The second-order valence-corrected chi connectivity index (χ2v) is 5.35. The maximum Gasteiger partial charge on any atom is 0.305 e. The topological polar surface area (TPSA) is 83.6 Å². The van der Waals surface area contributed by atoms with Gasteiger partial charge in [-0.2, -0.15) is 0 Å². The van der Waals surface area contributed by atoms with Crippen LogP contribution in [0.4, 0.5) is 4.39 Å². The summed E-state index contributed by atoms with van der Waals surface area (Å²) in [4.78, 5) is 10.6. The van der Waals surface area contributed by atoms with E-state index in [4.69, 9.17) is 10.8 Å². The normalized spacial score (nSPS) is 13.4. The summed E-state index contributed by atoms with van der Waals surface area (Å²) >= 11 is 0. The van der Waals surface area contributed by atoms with E-state index in [9.17, 15) is 14.3 Å². The standard InChI is InChI=1S/C13H18FNO3/c1-13(2,3)9-5-7(14)4-8(12(9)18)10(15)6-11(16)17/h4-5,10,18H,6,15H2,1-3H3,(H,16,17). The molecular formula is C13H18FNO3. The second kappa shape index (κ2) is 4.94. The molecule has 0 aliphatic heterocycles. The van der Waals surface area contributed by atoms with Gasteiger partial charge in [-0.3, -0.25) is 4.79 Å². The molecule has 0 aliphatic carbocycles. The lowest BCUT2D eigenvalue weighted by Crippen LogP contribution is -2.18. The molecule has 0 radical (unpaired) electrons. The lowest BCUT2D eigenvalue weighted by Gasteiger charge is -2.23. The molecule has 0 fully saturated rings. The van der Waals surface area contributed by atoms with Gasteiger partial charge in [0.15, 0.2) is 0 Å². The van der Waals surface area contributed by atoms with Crippen molar-refractivity contribution in [1.82, 2.24) is 0 Å². The maximum atomic E-state index is 13.5. The minimum atomic E-state index is -1.09. The predicted molar refractivity (Wildman–Crippen MR) is 65.9 cm³/mol. The Balaban J connectivity index is 3.29. The van der Waals surface area contributed by atoms with Gasteiger partial charge in [0.2, 0.25) is 0 Å². The fraction of sp³-hybridized carbons (Fsp3) is 0.462. The molecule has 0 amide bonds. The quantitative estimate of drug-likeness (QED) is 0.773. The van der Waals surface area contributed by atoms with Gasteiger partial charge < -0.3 is 15.9 Å². The van der Waals surface area contributed by atoms with Crippen molar-refractivity contribution in [3.8, 4) is 5.75 Å². The highest BCUT2D eigenvalue weighted by Gasteiger charge is 2.24. The van der Waals surface area contributed by atoms with E-state index in [1.807, 2.05) is 20.8 Å². The van der Waals surface area contributed by atoms with Crippen LogP contribution in [-0.4, -0.2) is 16.2 Å². The number of carbonyl (C=O) groups is 1. The fourth-order valence-electron chi connectivity index (χ4n) is 1.77. The number of carboxylic acids is 1. The van der Waals surface area contributed by atoms with E-state index in [-0.39, 0.29) is 17.7 Å². The first kappa shape index (κ1) is 14.4. The third-order valence-electron chi connectivity index (χ3n) is 2.71. The Bertz CT molecular complexity index is 466. The molecular weight excluding hydrogens is 237 g/mol. The van der Waals surface area contributed by atoms with Crippen LogP contribution in [0.5, 0.6) is 5.75 Å². The summed E-state index contributed by atoms with van der Waals surface area (Å²) in [7, 11) is 0. The molecule has 5 heteroatoms. The van der Waals surface area contributed by atoms with Gasteiger partial charge in [-0.25, -0.2) is 4.39 Å². The van der Waals surface area contributed by atoms with E-state index in [0.717, 1.165) is 6.07 Å². The number of hydrogen-bond donors (Lipinski definition) is 3. The molecule has 4 nitrogen and oxygen atoms in total. The van der Waals surface area contributed by atoms with Gasteiger partial charge in [0.25, 0.3) is 0 Å². The molecule has 0 heterocycles. The Labute approximate surface area is 105 Å². The lowest BCUT2D eigenvalue weighted by molar-refractivity contribution is -0.137. The number of carboxylic acid groups (broad SMARTS) is 1. The number of aromatic hydroxyl groups is 1. The molecule has 1 aromatic rings. The first-order valence-electron chi connectivity index (χ1n) is 5.63. The molecule has 100 valence electrons. The van der Waals surface area contributed by atoms with Gasteiger partial charge in [-0.15, -0.1) is 0 Å². The molecule has 0 bridgehead atoms. The van der Waals surface area contributed by atoms with Crippen molar-refractivity contribution >= 4 is 5.97 Å². The summed E-state index contributed by atoms with van der Waals surface area (Å²) in [6.07, 6.45) is -0.361. The summed E-state index contributed by atoms with van der Waals surface area (Å²) in [6, 6.07) is 1.39. The van der Waals surface area contributed by atoms with Gasteiger partial charge in [0, 0.05) is 17.2 Å². The Morgan fingerprint density at radius 1 is 1.44 bits per heavy atom. The maximum absolute atomic E-state index is 13.5. The van der Waals surface area contributed by atoms with Gasteiger partial charge in [0.1, 0.15) is 11.6 Å². The summed E-state index contributed by atoms with van der Waals surface area (Å²) in [5.74, 6) is -1.75. The number of aliphatic carboxylic acids is 1. The average molecular weight is 255 g/mol. The molecule has 0 aliphatic rings. The van der Waals surface area contributed by atoms with E-state index in [2.05, 4.69) is 0 Å². The number of benzene rings is 1. The Kier molecular flexibility index (Phi) is 3.96. The van der Waals surface area contributed by atoms with Crippen molar-refractivity contribution in [3.05, 3.63) is 29.1 Å². The van der Waals surface area contributed by atoms with E-state index >= 15 is 0 Å². The minimum absolute atomic E-state index is 0.127. The zero-order valence-electron chi connectivity index (χ0n) is 10.7. The molecule has 0 saturated heterocycles. The Hall–Kier alpha value is -1.62. The van der Waals surface area contributed by atoms with E-state index in [0.29, 0.717) is 5.56 Å². The monoisotopic (exact) mass is 255 g/mol. The molecule has 18 heavy (non-hydrogen) atoms. The van der Waals surface area contributed by atoms with Crippen LogP contribution >= 0.6 is 0 Å². The highest BCUT2D eigenvalue weighted by Crippen LogP contribution is 2.36. The van der Waals surface area contributed by atoms with Crippen LogP contribution in [0.2, 0.25) is 0 Å². The highest BCUT2D eigenvalue weighted by atomic mass is 19.1. The summed E-state index contributed by atoms with van der Waals surface area (Å²) in [5, 5.41) is 18.8. The largest absolute Gasteiger partial charge is 0.507 e. The number of nitrogens with two attached hydrogens (primary N) is 1. The zero-order valence-corrected chi connectivity index (χ0v) is 10.7. The molecule has 4 N–H and O–H groups in total. The molecule has 0 spiro atoms. The summed E-state index contributed by atoms with van der Waals surface area (Å²) in [5.41, 5.74) is 5.76. The van der Waals surface area contributed by atoms with Gasteiger partial charge in [-0.1, -0.05) is 20.8 Å². The molecule has 0 saturated carbocycles. The van der Waals surface area contributed by atoms with E-state index in [1.165, 1.54) is 6.07 Å². The smallest absolute Gasteiger partial charge is 0.305 e. The van der Waals surface area contributed by atoms with Crippen molar-refractivity contribution in [2.24, 2.45) is 5.73 Å². The first-order chi connectivity index (χ1) is 8.12. The van der Waals surface area contributed by atoms with Crippen LogP contribution < -0.4 is 5.73 Å². The minimum Gasteiger partial charge on any atom is -0.507 e. The number of hydrogen-bond acceptors (Lipinski definition) is 3. The first-order valence-corrected chi connectivity index (χ1v) is 5.63. The molecule has 1 atom stereocenters. The van der Waals surface area contributed by atoms with Crippen LogP contribution in [0.3, 0.4) is 0 Å². The number of halogens is 1. The van der Waals surface area contributed by atoms with Crippen molar-refractivity contribution in [1.29, 1.82) is 0 Å². The van der Waals surface area contributed by atoms with Crippen molar-refractivity contribution < 1.29 is 19.4 Å². The SMILES string of the molecule is CC(C)(C)c1cc(F)cc(C(N)CC(=O)O)c1O. The lowest BCUT2D eigenvalue weighted by atomic mass is 9.84. The van der Waals surface area contributed by atoms with Crippen LogP contribution in [0.15, 0.2) is 12.1 Å². The average Bonchev–Trinajstić information content (AvgIpc) is 2.18. The van der Waals surface area contributed by atoms with Crippen LogP contribution in [-0.2, 0) is 10.2 Å². The molecule has 1 aromatic carbocycles. The van der Waals surface area contributed by atoms with Crippen LogP contribution in [0.25, 0.3) is 0 Å². The number of phenols is 1. The van der Waals surface area contributed by atoms with Gasteiger partial charge >= 0.3 is 5.97 Å². The Morgan fingerprint density at radius 2 is 2.00 bits per heavy atom. The summed E-state index contributed by atoms with van der Waals surface area (Å²) < 4.78 is 13.5. The van der Waals surface area contributed by atoms with Gasteiger partial charge in [-0.05, 0) is 17.5 Å². The highest BCUT2D eigenvalue weighted by molar-refractivity contribution is 5.68. The fourth-order valence-corrected chi connectivity index (χ4v) is 1.77.